The minimum atomic E-state index is -1.64. The van der Waals surface area contributed by atoms with Crippen molar-refractivity contribution in [1.29, 1.82) is 0 Å². The fourth-order valence-electron chi connectivity index (χ4n) is 2.86. The number of rotatable bonds is 15. The molecule has 35 heavy (non-hydrogen) atoms. The Balaban J connectivity index is 2.92. The number of nitrogens with zero attached hydrogens (tertiary/aromatic N) is 2. The number of aliphatic hydroxyl groups excluding tert-OH is 2. The predicted molar refractivity (Wildman–Crippen MR) is 122 cm³/mol. The molecule has 1 rings (SSSR count). The predicted octanol–water partition coefficient (Wildman–Crippen LogP) is -4.75. The van der Waals surface area contributed by atoms with Gasteiger partial charge in [0.15, 0.2) is 5.96 Å². The zero-order chi connectivity index (χ0) is 26.5. The molecule has 0 aliphatic heterocycles. The molecule has 3 amide bonds. The van der Waals surface area contributed by atoms with Gasteiger partial charge in [-0.2, -0.15) is 0 Å². The SMILES string of the molecule is CC(O)C(NC(=O)C(Cc1cnc[nH]1)NC(=O)C(N)CCCN=C(N)N)C(=O)NC(CO)C(=O)O. The first-order chi connectivity index (χ1) is 16.5. The zero-order valence-corrected chi connectivity index (χ0v) is 19.2. The van der Waals surface area contributed by atoms with E-state index in [9.17, 15) is 24.3 Å². The van der Waals surface area contributed by atoms with E-state index in [0.717, 1.165) is 0 Å². The molecule has 16 heteroatoms. The third-order valence-electron chi connectivity index (χ3n) is 4.78. The summed E-state index contributed by atoms with van der Waals surface area (Å²) < 4.78 is 0. The highest BCUT2D eigenvalue weighted by Gasteiger charge is 2.32. The monoisotopic (exact) mass is 499 g/mol. The lowest BCUT2D eigenvalue weighted by Gasteiger charge is -2.26. The van der Waals surface area contributed by atoms with Crippen molar-refractivity contribution in [1.82, 2.24) is 25.9 Å². The molecule has 0 aromatic carbocycles. The summed E-state index contributed by atoms with van der Waals surface area (Å²) in [6, 6.07) is -5.43. The highest BCUT2D eigenvalue weighted by Crippen LogP contribution is 2.04. The topological polar surface area (TPSA) is 284 Å². The number of carbonyl (C=O) groups excluding carboxylic acids is 3. The number of nitrogens with one attached hydrogen (secondary N) is 4. The van der Waals surface area contributed by atoms with Crippen LogP contribution in [0.5, 0.6) is 0 Å². The fourth-order valence-corrected chi connectivity index (χ4v) is 2.86. The molecule has 0 fully saturated rings. The summed E-state index contributed by atoms with van der Waals surface area (Å²) in [4.78, 5) is 59.5. The van der Waals surface area contributed by atoms with Gasteiger partial charge >= 0.3 is 5.97 Å². The maximum Gasteiger partial charge on any atom is 0.328 e. The molecule has 1 aromatic heterocycles. The minimum absolute atomic E-state index is 0.0547. The first-order valence-corrected chi connectivity index (χ1v) is 10.7. The van der Waals surface area contributed by atoms with E-state index in [1.807, 2.05) is 5.32 Å². The van der Waals surface area contributed by atoms with E-state index in [4.69, 9.17) is 27.4 Å². The van der Waals surface area contributed by atoms with Crippen molar-refractivity contribution < 1.29 is 34.5 Å². The van der Waals surface area contributed by atoms with Gasteiger partial charge < -0.3 is 53.5 Å². The fraction of sp³-hybridized carbons (Fsp3) is 0.579. The number of hydrogen-bond donors (Lipinski definition) is 10. The summed E-state index contributed by atoms with van der Waals surface area (Å²) in [7, 11) is 0. The first-order valence-electron chi connectivity index (χ1n) is 10.7. The van der Waals surface area contributed by atoms with Gasteiger partial charge in [-0.05, 0) is 19.8 Å². The third-order valence-corrected chi connectivity index (χ3v) is 4.78. The molecule has 1 heterocycles. The molecule has 5 atom stereocenters. The Morgan fingerprint density at radius 3 is 2.29 bits per heavy atom. The lowest BCUT2D eigenvalue weighted by atomic mass is 10.1. The van der Waals surface area contributed by atoms with Gasteiger partial charge in [-0.3, -0.25) is 19.4 Å². The molecule has 13 N–H and O–H groups in total. The van der Waals surface area contributed by atoms with Gasteiger partial charge in [0.25, 0.3) is 0 Å². The van der Waals surface area contributed by atoms with Crippen molar-refractivity contribution in [3.63, 3.8) is 0 Å². The smallest absolute Gasteiger partial charge is 0.328 e. The average molecular weight is 500 g/mol. The maximum absolute atomic E-state index is 13.0. The molecule has 0 spiro atoms. The number of carbonyl (C=O) groups is 4. The number of aliphatic imine (C=N–C) groups is 1. The highest BCUT2D eigenvalue weighted by atomic mass is 16.4. The van der Waals surface area contributed by atoms with Crippen LogP contribution in [0.1, 0.15) is 25.5 Å². The Hall–Kier alpha value is -3.76. The Morgan fingerprint density at radius 1 is 1.11 bits per heavy atom. The molecule has 0 saturated carbocycles. The number of carboxylic acids is 1. The summed E-state index contributed by atoms with van der Waals surface area (Å²) in [6.07, 6.45) is 1.93. The molecule has 0 aliphatic rings. The van der Waals surface area contributed by atoms with E-state index in [0.29, 0.717) is 12.1 Å². The lowest BCUT2D eigenvalue weighted by molar-refractivity contribution is -0.144. The molecular formula is C19H33N9O7. The third kappa shape index (κ3) is 10.4. The second kappa shape index (κ2) is 14.5. The quantitative estimate of drug-likeness (QED) is 0.0620. The second-order valence-corrected chi connectivity index (χ2v) is 7.71. The van der Waals surface area contributed by atoms with Crippen LogP contribution < -0.4 is 33.2 Å². The number of carboxylic acid groups (broad SMARTS) is 1. The lowest BCUT2D eigenvalue weighted by Crippen LogP contribution is -2.60. The first kappa shape index (κ1) is 29.3. The molecule has 0 radical (unpaired) electrons. The van der Waals surface area contributed by atoms with Crippen molar-refractivity contribution in [2.45, 2.75) is 56.5 Å². The van der Waals surface area contributed by atoms with Crippen molar-refractivity contribution in [3.05, 3.63) is 18.2 Å². The van der Waals surface area contributed by atoms with Gasteiger partial charge in [0, 0.05) is 24.9 Å². The number of aliphatic hydroxyl groups is 2. The van der Waals surface area contributed by atoms with Gasteiger partial charge in [-0.1, -0.05) is 0 Å². The Bertz CT molecular complexity index is 872. The number of hydrogen-bond acceptors (Lipinski definition) is 9. The normalized spacial score (nSPS) is 15.1. The average Bonchev–Trinajstić information content (AvgIpc) is 3.30. The minimum Gasteiger partial charge on any atom is -0.480 e. The maximum atomic E-state index is 13.0. The number of H-pyrrole nitrogens is 1. The van der Waals surface area contributed by atoms with Crippen LogP contribution in [0.15, 0.2) is 17.5 Å². The number of aliphatic carboxylic acids is 1. The van der Waals surface area contributed by atoms with E-state index < -0.39 is 60.6 Å². The molecule has 5 unspecified atom stereocenters. The summed E-state index contributed by atoms with van der Waals surface area (Å²) in [6.45, 7) is 0.563. The van der Waals surface area contributed by atoms with E-state index >= 15 is 0 Å². The van der Waals surface area contributed by atoms with Crippen LogP contribution in [0.2, 0.25) is 0 Å². The number of imidazole rings is 1. The van der Waals surface area contributed by atoms with Crippen LogP contribution in [0, 0.1) is 0 Å². The van der Waals surface area contributed by atoms with E-state index in [1.54, 1.807) is 0 Å². The van der Waals surface area contributed by atoms with Crippen LogP contribution in [0.25, 0.3) is 0 Å². The molecule has 16 nitrogen and oxygen atoms in total. The Kier molecular flexibility index (Phi) is 12.1. The molecule has 0 saturated heterocycles. The van der Waals surface area contributed by atoms with Crippen molar-refractivity contribution in [2.24, 2.45) is 22.2 Å². The summed E-state index contributed by atoms with van der Waals surface area (Å²) >= 11 is 0. The summed E-state index contributed by atoms with van der Waals surface area (Å²) in [5.74, 6) is -4.14. The highest BCUT2D eigenvalue weighted by molar-refractivity contribution is 5.94. The van der Waals surface area contributed by atoms with E-state index in [1.165, 1.54) is 19.4 Å². The van der Waals surface area contributed by atoms with E-state index in [2.05, 4.69) is 25.6 Å². The van der Waals surface area contributed by atoms with Gasteiger partial charge in [-0.15, -0.1) is 0 Å². The molecule has 196 valence electrons. The second-order valence-electron chi connectivity index (χ2n) is 7.71. The number of nitrogens with two attached hydrogens (primary N) is 3. The summed E-state index contributed by atoms with van der Waals surface area (Å²) in [5.41, 5.74) is 16.9. The number of guanidine groups is 1. The number of aromatic amines is 1. The van der Waals surface area contributed by atoms with E-state index in [-0.39, 0.29) is 25.3 Å². The van der Waals surface area contributed by atoms with Crippen LogP contribution in [-0.4, -0.2) is 98.4 Å². The molecule has 0 bridgehead atoms. The van der Waals surface area contributed by atoms with Gasteiger partial charge in [0.2, 0.25) is 17.7 Å². The molecular weight excluding hydrogens is 466 g/mol. The van der Waals surface area contributed by atoms with Crippen LogP contribution >= 0.6 is 0 Å². The molecule has 0 aliphatic carbocycles. The Labute approximate surface area is 200 Å². The standard InChI is InChI=1S/C19H33N9O7/c1-9(30)14(17(33)27-13(7-29)18(34)35)28-16(32)12(5-10-6-23-8-25-10)26-15(31)11(20)3-2-4-24-19(21)22/h6,8-9,11-14,29-30H,2-5,7,20H2,1H3,(H,23,25)(H,26,31)(H,27,33)(H,28,32)(H,34,35)(H4,21,22,24). The van der Waals surface area contributed by atoms with Gasteiger partial charge in [-0.25, -0.2) is 9.78 Å². The van der Waals surface area contributed by atoms with Crippen molar-refractivity contribution in [2.75, 3.05) is 13.2 Å². The Morgan fingerprint density at radius 2 is 1.77 bits per heavy atom. The van der Waals surface area contributed by atoms with Crippen LogP contribution in [-0.2, 0) is 25.6 Å². The van der Waals surface area contributed by atoms with Crippen LogP contribution in [0.3, 0.4) is 0 Å². The van der Waals surface area contributed by atoms with Crippen molar-refractivity contribution in [3.8, 4) is 0 Å². The number of amides is 3. The van der Waals surface area contributed by atoms with Gasteiger partial charge in [0.05, 0.1) is 25.1 Å². The largest absolute Gasteiger partial charge is 0.480 e. The zero-order valence-electron chi connectivity index (χ0n) is 19.2. The molecule has 1 aromatic rings. The summed E-state index contributed by atoms with van der Waals surface area (Å²) in [5, 5.41) is 34.9. The number of aromatic nitrogens is 2. The van der Waals surface area contributed by atoms with Crippen molar-refractivity contribution >= 4 is 29.7 Å². The van der Waals surface area contributed by atoms with Crippen LogP contribution in [0.4, 0.5) is 0 Å². The van der Waals surface area contributed by atoms with Gasteiger partial charge in [0.1, 0.15) is 18.1 Å².